The number of nitrogens with zero attached hydrogens (tertiary/aromatic N) is 3. The maximum absolute atomic E-state index is 12.2. The van der Waals surface area contributed by atoms with Crippen molar-refractivity contribution in [1.29, 1.82) is 5.26 Å². The highest BCUT2D eigenvalue weighted by molar-refractivity contribution is 5.77. The molecule has 0 atom stereocenters. The first-order valence-electron chi connectivity index (χ1n) is 7.28. The van der Waals surface area contributed by atoms with Gasteiger partial charge in [0.05, 0.1) is 22.9 Å². The van der Waals surface area contributed by atoms with Crippen molar-refractivity contribution in [1.82, 2.24) is 15.3 Å². The Morgan fingerprint density at radius 1 is 1.36 bits per heavy atom. The summed E-state index contributed by atoms with van der Waals surface area (Å²) in [7, 11) is 0. The molecule has 0 radical (unpaired) electrons. The van der Waals surface area contributed by atoms with Crippen molar-refractivity contribution in [3.8, 4) is 6.07 Å². The molecule has 0 spiro atoms. The number of nitriles is 1. The second-order valence-corrected chi connectivity index (χ2v) is 5.52. The lowest BCUT2D eigenvalue weighted by Gasteiger charge is -2.18. The molecule has 3 rings (SSSR count). The highest BCUT2D eigenvalue weighted by Gasteiger charge is 2.45. The molecule has 1 N–H and O–H groups in total. The lowest BCUT2D eigenvalue weighted by Crippen LogP contribution is -2.35. The number of amides is 1. The van der Waals surface area contributed by atoms with E-state index in [9.17, 15) is 4.79 Å². The molecule has 1 aliphatic rings. The maximum Gasteiger partial charge on any atom is 0.221 e. The van der Waals surface area contributed by atoms with Gasteiger partial charge in [0, 0.05) is 25.0 Å². The summed E-state index contributed by atoms with van der Waals surface area (Å²) in [5, 5.41) is 12.1. The van der Waals surface area contributed by atoms with Gasteiger partial charge in [-0.2, -0.15) is 5.26 Å². The van der Waals surface area contributed by atoms with Crippen LogP contribution in [0.4, 0.5) is 0 Å². The van der Waals surface area contributed by atoms with Crippen LogP contribution in [-0.2, 0) is 16.8 Å². The Labute approximate surface area is 129 Å². The number of rotatable bonds is 5. The van der Waals surface area contributed by atoms with Crippen LogP contribution in [0.15, 0.2) is 42.9 Å². The van der Waals surface area contributed by atoms with Crippen LogP contribution in [0.3, 0.4) is 0 Å². The van der Waals surface area contributed by atoms with Crippen molar-refractivity contribution in [2.45, 2.75) is 31.2 Å². The van der Waals surface area contributed by atoms with Crippen molar-refractivity contribution >= 4 is 5.91 Å². The fourth-order valence-corrected chi connectivity index (χ4v) is 2.53. The molecular weight excluding hydrogens is 276 g/mol. The average molecular weight is 292 g/mol. The molecular formula is C17H16N4O. The van der Waals surface area contributed by atoms with E-state index in [1.54, 1.807) is 24.7 Å². The first-order chi connectivity index (χ1) is 10.7. The zero-order chi connectivity index (χ0) is 15.4. The van der Waals surface area contributed by atoms with E-state index in [0.717, 1.165) is 24.1 Å². The van der Waals surface area contributed by atoms with E-state index >= 15 is 0 Å². The molecule has 1 aliphatic carbocycles. The summed E-state index contributed by atoms with van der Waals surface area (Å²) in [5.74, 6) is 0.00511. The van der Waals surface area contributed by atoms with Crippen LogP contribution in [0.1, 0.15) is 36.1 Å². The first-order valence-corrected chi connectivity index (χ1v) is 7.28. The summed E-state index contributed by atoms with van der Waals surface area (Å²) in [4.78, 5) is 20.3. The molecule has 1 saturated carbocycles. The van der Waals surface area contributed by atoms with Gasteiger partial charge < -0.3 is 5.32 Å². The molecule has 0 unspecified atom stereocenters. The van der Waals surface area contributed by atoms with Gasteiger partial charge in [-0.3, -0.25) is 14.8 Å². The maximum atomic E-state index is 12.2. The van der Waals surface area contributed by atoms with Gasteiger partial charge in [-0.05, 0) is 37.0 Å². The normalized spacial score (nSPS) is 14.9. The third-order valence-electron chi connectivity index (χ3n) is 3.90. The summed E-state index contributed by atoms with van der Waals surface area (Å²) < 4.78 is 0. The summed E-state index contributed by atoms with van der Waals surface area (Å²) in [6.45, 7) is 0. The smallest absolute Gasteiger partial charge is 0.221 e. The van der Waals surface area contributed by atoms with Crippen molar-refractivity contribution in [2.75, 3.05) is 0 Å². The molecule has 2 aromatic rings. The molecule has 110 valence electrons. The zero-order valence-corrected chi connectivity index (χ0v) is 12.1. The molecule has 1 aromatic heterocycles. The van der Waals surface area contributed by atoms with Gasteiger partial charge in [-0.25, -0.2) is 0 Å². The monoisotopic (exact) mass is 292 g/mol. The van der Waals surface area contributed by atoms with E-state index in [-0.39, 0.29) is 11.4 Å². The third-order valence-corrected chi connectivity index (χ3v) is 3.90. The Hall–Kier alpha value is -2.74. The highest BCUT2D eigenvalue weighted by atomic mass is 16.1. The minimum Gasteiger partial charge on any atom is -0.347 e. The number of carbonyl (C=O) groups excluding carboxylic acids is 1. The Bertz CT molecular complexity index is 717. The lowest BCUT2D eigenvalue weighted by molar-refractivity contribution is -0.122. The topological polar surface area (TPSA) is 78.7 Å². The summed E-state index contributed by atoms with van der Waals surface area (Å²) in [6, 6.07) is 9.60. The van der Waals surface area contributed by atoms with Gasteiger partial charge in [-0.1, -0.05) is 12.1 Å². The molecule has 1 heterocycles. The number of benzene rings is 1. The molecule has 0 bridgehead atoms. The predicted octanol–water partition coefficient (Wildman–Crippen LogP) is 2.09. The SMILES string of the molecule is N#Cc1cccc(C2(NC(=O)CCc3cnccn3)CC2)c1. The molecule has 5 heteroatoms. The summed E-state index contributed by atoms with van der Waals surface area (Å²) in [5.41, 5.74) is 2.16. The predicted molar refractivity (Wildman–Crippen MR) is 80.6 cm³/mol. The van der Waals surface area contributed by atoms with Gasteiger partial charge in [0.25, 0.3) is 0 Å². The molecule has 22 heavy (non-hydrogen) atoms. The molecule has 1 amide bonds. The summed E-state index contributed by atoms with van der Waals surface area (Å²) >= 11 is 0. The lowest BCUT2D eigenvalue weighted by atomic mass is 10.0. The van der Waals surface area contributed by atoms with Crippen LogP contribution >= 0.6 is 0 Å². The number of hydrogen-bond donors (Lipinski definition) is 1. The second-order valence-electron chi connectivity index (χ2n) is 5.52. The Morgan fingerprint density at radius 2 is 2.23 bits per heavy atom. The zero-order valence-electron chi connectivity index (χ0n) is 12.1. The molecule has 0 aliphatic heterocycles. The second kappa shape index (κ2) is 5.94. The van der Waals surface area contributed by atoms with Gasteiger partial charge in [0.1, 0.15) is 0 Å². The fraction of sp³-hybridized carbons (Fsp3) is 0.294. The number of carbonyl (C=O) groups is 1. The standard InChI is InChI=1S/C17H16N4O/c18-11-13-2-1-3-14(10-13)17(6-7-17)21-16(22)5-4-15-12-19-8-9-20-15/h1-3,8-10,12H,4-7H2,(H,21,22). The van der Waals surface area contributed by atoms with Crippen LogP contribution in [0.2, 0.25) is 0 Å². The molecule has 5 nitrogen and oxygen atoms in total. The van der Waals surface area contributed by atoms with Crippen LogP contribution < -0.4 is 5.32 Å². The van der Waals surface area contributed by atoms with Gasteiger partial charge >= 0.3 is 0 Å². The summed E-state index contributed by atoms with van der Waals surface area (Å²) in [6.07, 6.45) is 7.72. The van der Waals surface area contributed by atoms with Crippen LogP contribution in [0.5, 0.6) is 0 Å². The van der Waals surface area contributed by atoms with E-state index < -0.39 is 0 Å². The molecule has 1 aromatic carbocycles. The van der Waals surface area contributed by atoms with E-state index in [2.05, 4.69) is 21.4 Å². The third kappa shape index (κ3) is 3.12. The quantitative estimate of drug-likeness (QED) is 0.915. The van der Waals surface area contributed by atoms with E-state index in [1.807, 2.05) is 18.2 Å². The Morgan fingerprint density at radius 3 is 2.91 bits per heavy atom. The van der Waals surface area contributed by atoms with E-state index in [1.165, 1.54) is 0 Å². The average Bonchev–Trinajstić information content (AvgIpc) is 3.35. The van der Waals surface area contributed by atoms with Crippen LogP contribution in [0.25, 0.3) is 0 Å². The number of hydrogen-bond acceptors (Lipinski definition) is 4. The minimum absolute atomic E-state index is 0.00511. The van der Waals surface area contributed by atoms with Crippen molar-refractivity contribution in [2.24, 2.45) is 0 Å². The van der Waals surface area contributed by atoms with Crippen LogP contribution in [0, 0.1) is 11.3 Å². The van der Waals surface area contributed by atoms with Gasteiger partial charge in [0.2, 0.25) is 5.91 Å². The van der Waals surface area contributed by atoms with Gasteiger partial charge in [0.15, 0.2) is 0 Å². The van der Waals surface area contributed by atoms with Crippen molar-refractivity contribution < 1.29 is 4.79 Å². The Balaban J connectivity index is 1.62. The molecule has 0 saturated heterocycles. The van der Waals surface area contributed by atoms with Crippen molar-refractivity contribution in [3.63, 3.8) is 0 Å². The largest absolute Gasteiger partial charge is 0.347 e. The molecule has 1 fully saturated rings. The number of nitrogens with one attached hydrogen (secondary N) is 1. The minimum atomic E-state index is -0.285. The fourth-order valence-electron chi connectivity index (χ4n) is 2.53. The highest BCUT2D eigenvalue weighted by Crippen LogP contribution is 2.45. The van der Waals surface area contributed by atoms with E-state index in [4.69, 9.17) is 5.26 Å². The first kappa shape index (κ1) is 14.2. The number of aryl methyl sites for hydroxylation is 1. The van der Waals surface area contributed by atoms with Crippen LogP contribution in [-0.4, -0.2) is 15.9 Å². The Kier molecular flexibility index (Phi) is 3.84. The van der Waals surface area contributed by atoms with Gasteiger partial charge in [-0.15, -0.1) is 0 Å². The number of aromatic nitrogens is 2. The van der Waals surface area contributed by atoms with E-state index in [0.29, 0.717) is 18.4 Å². The van der Waals surface area contributed by atoms with Crippen molar-refractivity contribution in [3.05, 3.63) is 59.7 Å².